The summed E-state index contributed by atoms with van der Waals surface area (Å²) in [6.07, 6.45) is 1.74. The lowest BCUT2D eigenvalue weighted by Gasteiger charge is -2.09. The summed E-state index contributed by atoms with van der Waals surface area (Å²) in [6, 6.07) is 11.2. The predicted molar refractivity (Wildman–Crippen MR) is 77.5 cm³/mol. The van der Waals surface area contributed by atoms with Crippen molar-refractivity contribution in [3.05, 3.63) is 53.9 Å². The first-order chi connectivity index (χ1) is 9.83. The van der Waals surface area contributed by atoms with Crippen molar-refractivity contribution in [1.29, 1.82) is 0 Å². The predicted octanol–water partition coefficient (Wildman–Crippen LogP) is 1.98. The Kier molecular flexibility index (Phi) is 4.99. The van der Waals surface area contributed by atoms with Crippen molar-refractivity contribution in [1.82, 2.24) is 4.98 Å². The number of nitrogens with zero attached hydrogens (tertiary/aromatic N) is 1. The molecular weight excluding hydrogens is 252 g/mol. The molecule has 102 valence electrons. The van der Waals surface area contributed by atoms with Gasteiger partial charge in [0.1, 0.15) is 18.1 Å². The molecule has 0 saturated carbocycles. The minimum absolute atomic E-state index is 0.302. The molecule has 4 nitrogen and oxygen atoms in total. The molecule has 0 amide bonds. The highest BCUT2D eigenvalue weighted by Crippen LogP contribution is 2.24. The Hall–Kier alpha value is -2.51. The molecule has 0 aliphatic heterocycles. The number of methoxy groups -OCH3 is 1. The Balaban J connectivity index is 2.17. The summed E-state index contributed by atoms with van der Waals surface area (Å²) in [5.74, 6) is 7.23. The van der Waals surface area contributed by atoms with E-state index in [1.54, 1.807) is 13.3 Å². The molecular formula is C16H16N2O2. The Labute approximate surface area is 118 Å². The van der Waals surface area contributed by atoms with Gasteiger partial charge in [-0.05, 0) is 30.3 Å². The van der Waals surface area contributed by atoms with Crippen molar-refractivity contribution < 1.29 is 9.47 Å². The summed E-state index contributed by atoms with van der Waals surface area (Å²) >= 11 is 0. The third-order valence-corrected chi connectivity index (χ3v) is 2.61. The first kappa shape index (κ1) is 13.9. The Morgan fingerprint density at radius 2 is 2.15 bits per heavy atom. The van der Waals surface area contributed by atoms with Gasteiger partial charge in [-0.15, -0.1) is 0 Å². The minimum atomic E-state index is 0.302. The maximum absolute atomic E-state index is 5.76. The highest BCUT2D eigenvalue weighted by molar-refractivity contribution is 5.50. The summed E-state index contributed by atoms with van der Waals surface area (Å²) in [7, 11) is 1.61. The molecule has 0 fully saturated rings. The molecule has 0 radical (unpaired) electrons. The number of hydrogen-bond acceptors (Lipinski definition) is 4. The molecule has 0 atom stereocenters. The van der Waals surface area contributed by atoms with Gasteiger partial charge in [-0.2, -0.15) is 0 Å². The largest absolute Gasteiger partial charge is 0.497 e. The zero-order valence-corrected chi connectivity index (χ0v) is 11.3. The lowest BCUT2D eigenvalue weighted by Crippen LogP contribution is -2.00. The summed E-state index contributed by atoms with van der Waals surface area (Å²) in [5, 5.41) is 0. The Morgan fingerprint density at radius 1 is 1.25 bits per heavy atom. The van der Waals surface area contributed by atoms with Crippen LogP contribution in [0.3, 0.4) is 0 Å². The summed E-state index contributed by atoms with van der Waals surface area (Å²) in [4.78, 5) is 4.21. The molecule has 0 bridgehead atoms. The molecule has 2 N–H and O–H groups in total. The minimum Gasteiger partial charge on any atom is -0.497 e. The molecule has 1 aromatic carbocycles. The summed E-state index contributed by atoms with van der Waals surface area (Å²) in [6.45, 7) is 0.696. The number of benzene rings is 1. The van der Waals surface area contributed by atoms with Crippen LogP contribution in [0, 0.1) is 11.8 Å². The van der Waals surface area contributed by atoms with E-state index in [0.29, 0.717) is 18.9 Å². The Bertz CT molecular complexity index is 615. The van der Waals surface area contributed by atoms with Crippen LogP contribution in [0.25, 0.3) is 0 Å². The zero-order valence-electron chi connectivity index (χ0n) is 11.3. The van der Waals surface area contributed by atoms with Gasteiger partial charge in [0.25, 0.3) is 0 Å². The zero-order chi connectivity index (χ0) is 14.2. The fraction of sp³-hybridized carbons (Fsp3) is 0.188. The molecule has 2 rings (SSSR count). The molecule has 0 unspecified atom stereocenters. The Morgan fingerprint density at radius 3 is 2.85 bits per heavy atom. The van der Waals surface area contributed by atoms with Crippen LogP contribution in [-0.2, 0) is 6.61 Å². The van der Waals surface area contributed by atoms with Crippen LogP contribution in [0.5, 0.6) is 11.5 Å². The molecule has 0 saturated heterocycles. The molecule has 4 heteroatoms. The molecule has 1 aromatic heterocycles. The average Bonchev–Trinajstić information content (AvgIpc) is 2.52. The molecule has 0 aliphatic carbocycles. The number of rotatable bonds is 4. The number of hydrogen-bond donors (Lipinski definition) is 1. The third-order valence-electron chi connectivity index (χ3n) is 2.61. The van der Waals surface area contributed by atoms with E-state index in [1.807, 2.05) is 36.4 Å². The average molecular weight is 268 g/mol. The number of ether oxygens (including phenoxy) is 2. The normalized spacial score (nSPS) is 9.50. The second-order valence-corrected chi connectivity index (χ2v) is 3.98. The van der Waals surface area contributed by atoms with Crippen molar-refractivity contribution in [2.24, 2.45) is 5.73 Å². The van der Waals surface area contributed by atoms with Crippen molar-refractivity contribution in [2.75, 3.05) is 13.7 Å². The van der Waals surface area contributed by atoms with E-state index in [1.165, 1.54) is 0 Å². The smallest absolute Gasteiger partial charge is 0.135 e. The van der Waals surface area contributed by atoms with Crippen molar-refractivity contribution in [3.8, 4) is 23.3 Å². The molecule has 2 aromatic rings. The van der Waals surface area contributed by atoms with E-state index >= 15 is 0 Å². The van der Waals surface area contributed by atoms with Gasteiger partial charge in [0.2, 0.25) is 0 Å². The van der Waals surface area contributed by atoms with Crippen LogP contribution in [0.4, 0.5) is 0 Å². The van der Waals surface area contributed by atoms with Crippen molar-refractivity contribution in [2.45, 2.75) is 6.61 Å². The summed E-state index contributed by atoms with van der Waals surface area (Å²) < 4.78 is 10.9. The van der Waals surface area contributed by atoms with Crippen LogP contribution < -0.4 is 15.2 Å². The molecule has 20 heavy (non-hydrogen) atoms. The van der Waals surface area contributed by atoms with E-state index < -0.39 is 0 Å². The van der Waals surface area contributed by atoms with Gasteiger partial charge in [0.05, 0.1) is 24.9 Å². The van der Waals surface area contributed by atoms with Gasteiger partial charge in [-0.25, -0.2) is 0 Å². The maximum Gasteiger partial charge on any atom is 0.135 e. The van der Waals surface area contributed by atoms with E-state index in [2.05, 4.69) is 16.8 Å². The van der Waals surface area contributed by atoms with Gasteiger partial charge in [0, 0.05) is 6.20 Å². The highest BCUT2D eigenvalue weighted by atomic mass is 16.5. The van der Waals surface area contributed by atoms with Crippen LogP contribution in [0.15, 0.2) is 42.6 Å². The number of nitrogens with two attached hydrogens (primary N) is 1. The van der Waals surface area contributed by atoms with Gasteiger partial charge < -0.3 is 15.2 Å². The van der Waals surface area contributed by atoms with E-state index in [4.69, 9.17) is 15.2 Å². The fourth-order valence-corrected chi connectivity index (χ4v) is 1.64. The summed E-state index contributed by atoms with van der Waals surface area (Å²) in [5.41, 5.74) is 7.02. The monoisotopic (exact) mass is 268 g/mol. The van der Waals surface area contributed by atoms with Crippen molar-refractivity contribution >= 4 is 0 Å². The molecule has 1 heterocycles. The van der Waals surface area contributed by atoms with E-state index in [9.17, 15) is 0 Å². The van der Waals surface area contributed by atoms with Crippen molar-refractivity contribution in [3.63, 3.8) is 0 Å². The van der Waals surface area contributed by atoms with Gasteiger partial charge in [0.15, 0.2) is 0 Å². The first-order valence-corrected chi connectivity index (χ1v) is 6.23. The number of pyridine rings is 1. The van der Waals surface area contributed by atoms with Crippen LogP contribution in [0.2, 0.25) is 0 Å². The van der Waals surface area contributed by atoms with Gasteiger partial charge >= 0.3 is 0 Å². The topological polar surface area (TPSA) is 57.4 Å². The quantitative estimate of drug-likeness (QED) is 0.861. The van der Waals surface area contributed by atoms with E-state index in [-0.39, 0.29) is 0 Å². The standard InChI is InChI=1S/C16H16N2O2/c1-19-15-7-8-16(13(11-15)5-4-9-17)20-12-14-6-2-3-10-18-14/h2-3,6-8,10-11H,9,12,17H2,1H3. The third kappa shape index (κ3) is 3.74. The van der Waals surface area contributed by atoms with E-state index in [0.717, 1.165) is 17.0 Å². The molecule has 0 spiro atoms. The maximum atomic E-state index is 5.76. The van der Waals surface area contributed by atoms with Crippen LogP contribution in [0.1, 0.15) is 11.3 Å². The van der Waals surface area contributed by atoms with Crippen LogP contribution >= 0.6 is 0 Å². The lowest BCUT2D eigenvalue weighted by molar-refractivity contribution is 0.300. The SMILES string of the molecule is COc1ccc(OCc2ccccn2)c(C#CCN)c1. The van der Waals surface area contributed by atoms with Crippen LogP contribution in [-0.4, -0.2) is 18.6 Å². The second-order valence-electron chi connectivity index (χ2n) is 3.98. The lowest BCUT2D eigenvalue weighted by atomic mass is 10.2. The number of aromatic nitrogens is 1. The first-order valence-electron chi connectivity index (χ1n) is 6.23. The molecule has 0 aliphatic rings. The van der Waals surface area contributed by atoms with Gasteiger partial charge in [-0.1, -0.05) is 17.9 Å². The fourth-order valence-electron chi connectivity index (χ4n) is 1.64. The van der Waals surface area contributed by atoms with Gasteiger partial charge in [-0.3, -0.25) is 4.98 Å². The highest BCUT2D eigenvalue weighted by Gasteiger charge is 2.04. The second kappa shape index (κ2) is 7.17.